The summed E-state index contributed by atoms with van der Waals surface area (Å²) in [4.78, 5) is 21.7. The lowest BCUT2D eigenvalue weighted by Crippen LogP contribution is -2.13. The van der Waals surface area contributed by atoms with Crippen molar-refractivity contribution < 1.29 is 18.5 Å². The lowest BCUT2D eigenvalue weighted by Gasteiger charge is -2.06. The Morgan fingerprint density at radius 3 is 2.52 bits per heavy atom. The van der Waals surface area contributed by atoms with Gasteiger partial charge in [0.2, 0.25) is 0 Å². The Morgan fingerprint density at radius 2 is 1.90 bits per heavy atom. The fraction of sp³-hybridized carbons (Fsp3) is 0. The Labute approximate surface area is 117 Å². The Bertz CT molecular complexity index is 735. The zero-order valence-corrected chi connectivity index (χ0v) is 10.5. The molecule has 0 saturated carbocycles. The summed E-state index contributed by atoms with van der Waals surface area (Å²) in [7, 11) is 0. The number of hydrogen-bond acceptors (Lipinski definition) is 4. The van der Waals surface area contributed by atoms with Gasteiger partial charge in [-0.15, -0.1) is 0 Å². The molecular formula is C13H9F2N3O3. The van der Waals surface area contributed by atoms with Crippen LogP contribution in [-0.2, 0) is 0 Å². The fourth-order valence-corrected chi connectivity index (χ4v) is 1.62. The maximum absolute atomic E-state index is 13.3. The van der Waals surface area contributed by atoms with Gasteiger partial charge in [0.1, 0.15) is 11.6 Å². The highest BCUT2D eigenvalue weighted by Crippen LogP contribution is 2.21. The highest BCUT2D eigenvalue weighted by molar-refractivity contribution is 6.04. The van der Waals surface area contributed by atoms with Crippen molar-refractivity contribution in [2.75, 3.05) is 11.1 Å². The molecule has 3 N–H and O–H groups in total. The van der Waals surface area contributed by atoms with Gasteiger partial charge < -0.3 is 11.1 Å². The highest BCUT2D eigenvalue weighted by atomic mass is 19.1. The molecule has 0 atom stereocenters. The first kappa shape index (κ1) is 14.4. The number of carbonyl (C=O) groups excluding carboxylic acids is 1. The van der Waals surface area contributed by atoms with E-state index in [-0.39, 0.29) is 16.9 Å². The molecule has 0 fully saturated rings. The number of nitrogen functional groups attached to an aromatic ring is 1. The van der Waals surface area contributed by atoms with Crippen LogP contribution < -0.4 is 11.1 Å². The number of halogens is 2. The Balaban J connectivity index is 2.27. The molecule has 2 rings (SSSR count). The molecule has 0 aliphatic rings. The molecular weight excluding hydrogens is 284 g/mol. The lowest BCUT2D eigenvalue weighted by atomic mass is 10.1. The molecule has 2 aromatic carbocycles. The van der Waals surface area contributed by atoms with Gasteiger partial charge >= 0.3 is 0 Å². The van der Waals surface area contributed by atoms with Gasteiger partial charge in [-0.25, -0.2) is 8.78 Å². The van der Waals surface area contributed by atoms with Crippen LogP contribution in [0.2, 0.25) is 0 Å². The average Bonchev–Trinajstić information content (AvgIpc) is 2.41. The molecule has 0 heterocycles. The Hall–Kier alpha value is -3.03. The molecule has 0 bridgehead atoms. The van der Waals surface area contributed by atoms with Gasteiger partial charge in [-0.2, -0.15) is 0 Å². The quantitative estimate of drug-likeness (QED) is 0.516. The minimum atomic E-state index is -0.872. The summed E-state index contributed by atoms with van der Waals surface area (Å²) in [5, 5.41) is 12.9. The predicted octanol–water partition coefficient (Wildman–Crippen LogP) is 2.71. The van der Waals surface area contributed by atoms with Gasteiger partial charge in [0, 0.05) is 11.6 Å². The second-order valence-electron chi connectivity index (χ2n) is 4.15. The molecule has 0 unspecified atom stereocenters. The summed E-state index contributed by atoms with van der Waals surface area (Å²) in [5.74, 6) is -2.38. The van der Waals surface area contributed by atoms with Gasteiger partial charge in [-0.05, 0) is 24.3 Å². The van der Waals surface area contributed by atoms with E-state index in [2.05, 4.69) is 5.32 Å². The molecule has 8 heteroatoms. The zero-order valence-electron chi connectivity index (χ0n) is 10.5. The summed E-state index contributed by atoms with van der Waals surface area (Å²) in [5.41, 5.74) is 4.50. The number of amides is 1. The molecule has 0 aliphatic heterocycles. The van der Waals surface area contributed by atoms with Crippen molar-refractivity contribution in [2.24, 2.45) is 0 Å². The molecule has 0 spiro atoms. The second kappa shape index (κ2) is 5.53. The Kier molecular flexibility index (Phi) is 3.79. The van der Waals surface area contributed by atoms with Crippen LogP contribution >= 0.6 is 0 Å². The number of carbonyl (C=O) groups is 1. The predicted molar refractivity (Wildman–Crippen MR) is 71.8 cm³/mol. The van der Waals surface area contributed by atoms with E-state index in [0.29, 0.717) is 0 Å². The second-order valence-corrected chi connectivity index (χ2v) is 4.15. The number of nitro groups is 1. The van der Waals surface area contributed by atoms with E-state index in [1.165, 1.54) is 12.1 Å². The summed E-state index contributed by atoms with van der Waals surface area (Å²) >= 11 is 0. The van der Waals surface area contributed by atoms with Gasteiger partial charge in [0.25, 0.3) is 11.6 Å². The van der Waals surface area contributed by atoms with Crippen molar-refractivity contribution >= 4 is 23.0 Å². The van der Waals surface area contributed by atoms with Crippen molar-refractivity contribution in [3.8, 4) is 0 Å². The number of nitro benzene ring substituents is 1. The molecule has 108 valence electrons. The van der Waals surface area contributed by atoms with E-state index >= 15 is 0 Å². The number of non-ortho nitro benzene ring substituents is 1. The average molecular weight is 293 g/mol. The normalized spacial score (nSPS) is 10.2. The third kappa shape index (κ3) is 3.30. The monoisotopic (exact) mass is 293 g/mol. The molecule has 0 saturated heterocycles. The van der Waals surface area contributed by atoms with Crippen LogP contribution in [0.15, 0.2) is 36.4 Å². The SMILES string of the molecule is Nc1ccc(C(=O)Nc2cc(F)cc([N+](=O)[O-])c2)cc1F. The minimum Gasteiger partial charge on any atom is -0.396 e. The van der Waals surface area contributed by atoms with Crippen LogP contribution in [-0.4, -0.2) is 10.8 Å². The number of nitrogens with two attached hydrogens (primary N) is 1. The molecule has 1 amide bonds. The number of hydrogen-bond donors (Lipinski definition) is 2. The summed E-state index contributed by atoms with van der Waals surface area (Å²) in [6.45, 7) is 0. The van der Waals surface area contributed by atoms with Crippen LogP contribution in [0.3, 0.4) is 0 Å². The van der Waals surface area contributed by atoms with Crippen LogP contribution in [0.5, 0.6) is 0 Å². The first-order valence-electron chi connectivity index (χ1n) is 5.68. The van der Waals surface area contributed by atoms with E-state index in [0.717, 1.165) is 24.3 Å². The van der Waals surface area contributed by atoms with Gasteiger partial charge in [0.15, 0.2) is 0 Å². The van der Waals surface area contributed by atoms with Gasteiger partial charge in [0.05, 0.1) is 22.4 Å². The summed E-state index contributed by atoms with van der Waals surface area (Å²) in [6, 6.07) is 6.03. The lowest BCUT2D eigenvalue weighted by molar-refractivity contribution is -0.385. The highest BCUT2D eigenvalue weighted by Gasteiger charge is 2.13. The maximum atomic E-state index is 13.3. The summed E-state index contributed by atoms with van der Waals surface area (Å²) < 4.78 is 26.5. The topological polar surface area (TPSA) is 98.3 Å². The number of nitrogens with zero attached hydrogens (tertiary/aromatic N) is 1. The number of anilines is 2. The molecule has 2 aromatic rings. The van der Waals surface area contributed by atoms with E-state index < -0.39 is 28.2 Å². The number of rotatable bonds is 3. The van der Waals surface area contributed by atoms with Crippen molar-refractivity contribution in [2.45, 2.75) is 0 Å². The van der Waals surface area contributed by atoms with E-state index in [4.69, 9.17) is 5.73 Å². The van der Waals surface area contributed by atoms with Crippen LogP contribution in [0.1, 0.15) is 10.4 Å². The van der Waals surface area contributed by atoms with Crippen molar-refractivity contribution in [1.82, 2.24) is 0 Å². The fourth-order valence-electron chi connectivity index (χ4n) is 1.62. The van der Waals surface area contributed by atoms with Gasteiger partial charge in [-0.1, -0.05) is 0 Å². The minimum absolute atomic E-state index is 0.0476. The maximum Gasteiger partial charge on any atom is 0.274 e. The zero-order chi connectivity index (χ0) is 15.6. The molecule has 0 aromatic heterocycles. The first-order valence-corrected chi connectivity index (χ1v) is 5.68. The smallest absolute Gasteiger partial charge is 0.274 e. The Morgan fingerprint density at radius 1 is 1.19 bits per heavy atom. The van der Waals surface area contributed by atoms with Gasteiger partial charge in [-0.3, -0.25) is 14.9 Å². The van der Waals surface area contributed by atoms with E-state index in [1.807, 2.05) is 0 Å². The van der Waals surface area contributed by atoms with Crippen LogP contribution in [0.4, 0.5) is 25.8 Å². The first-order chi connectivity index (χ1) is 9.86. The third-order valence-corrected chi connectivity index (χ3v) is 2.61. The van der Waals surface area contributed by atoms with Crippen molar-refractivity contribution in [1.29, 1.82) is 0 Å². The largest absolute Gasteiger partial charge is 0.396 e. The summed E-state index contributed by atoms with van der Waals surface area (Å²) in [6.07, 6.45) is 0. The molecule has 21 heavy (non-hydrogen) atoms. The van der Waals surface area contributed by atoms with E-state index in [1.54, 1.807) is 0 Å². The number of nitrogens with one attached hydrogen (secondary N) is 1. The molecule has 6 nitrogen and oxygen atoms in total. The third-order valence-electron chi connectivity index (χ3n) is 2.61. The van der Waals surface area contributed by atoms with Crippen molar-refractivity contribution in [3.05, 3.63) is 63.7 Å². The standard InChI is InChI=1S/C13H9F2N3O3/c14-8-4-9(6-10(5-8)18(20)21)17-13(19)7-1-2-12(16)11(15)3-7/h1-6H,16H2,(H,17,19). The van der Waals surface area contributed by atoms with E-state index in [9.17, 15) is 23.7 Å². The number of benzene rings is 2. The molecule has 0 aliphatic carbocycles. The van der Waals surface area contributed by atoms with Crippen LogP contribution in [0.25, 0.3) is 0 Å². The molecule has 0 radical (unpaired) electrons. The van der Waals surface area contributed by atoms with Crippen LogP contribution in [0, 0.1) is 21.7 Å². The van der Waals surface area contributed by atoms with Crippen molar-refractivity contribution in [3.63, 3.8) is 0 Å².